The molecule has 0 saturated carbocycles. The number of hydrogen-bond acceptors (Lipinski definition) is 4. The average molecular weight is 233 g/mol. The largest absolute Gasteiger partial charge is 0.459 e. The third-order valence-corrected chi connectivity index (χ3v) is 2.74. The predicted molar refractivity (Wildman–Crippen MR) is 66.1 cm³/mol. The number of esters is 1. The van der Waals surface area contributed by atoms with Gasteiger partial charge in [-0.05, 0) is 27.2 Å². The first-order valence-corrected chi connectivity index (χ1v) is 6.55. The summed E-state index contributed by atoms with van der Waals surface area (Å²) >= 11 is 1.55. The van der Waals surface area contributed by atoms with E-state index in [0.717, 1.165) is 18.6 Å². The van der Waals surface area contributed by atoms with Gasteiger partial charge in [0.15, 0.2) is 0 Å². The zero-order valence-corrected chi connectivity index (χ0v) is 11.0. The Kier molecular flexibility index (Phi) is 7.02. The van der Waals surface area contributed by atoms with Crippen molar-refractivity contribution in [1.82, 2.24) is 0 Å². The van der Waals surface area contributed by atoms with Gasteiger partial charge in [0.05, 0.1) is 5.75 Å². The number of thioether (sulfide) groups is 1. The van der Waals surface area contributed by atoms with E-state index in [0.29, 0.717) is 5.75 Å². The van der Waals surface area contributed by atoms with E-state index in [2.05, 4.69) is 6.92 Å². The minimum Gasteiger partial charge on any atom is -0.459 e. The van der Waals surface area contributed by atoms with E-state index in [1.165, 1.54) is 0 Å². The Hall–Kier alpha value is -0.220. The summed E-state index contributed by atoms with van der Waals surface area (Å²) in [4.78, 5) is 11.3. The van der Waals surface area contributed by atoms with Gasteiger partial charge in [0.25, 0.3) is 0 Å². The van der Waals surface area contributed by atoms with E-state index in [1.807, 2.05) is 20.8 Å². The topological polar surface area (TPSA) is 52.3 Å². The number of hydrogen-bond donors (Lipinski definition) is 1. The lowest BCUT2D eigenvalue weighted by atomic mass is 10.2. The highest BCUT2D eigenvalue weighted by molar-refractivity contribution is 7.99. The molecule has 0 radical (unpaired) electrons. The molecule has 90 valence electrons. The van der Waals surface area contributed by atoms with Crippen molar-refractivity contribution in [1.29, 1.82) is 0 Å². The number of carbonyl (C=O) groups excluding carboxylic acids is 1. The molecule has 1 unspecified atom stereocenters. The summed E-state index contributed by atoms with van der Waals surface area (Å²) in [5.41, 5.74) is 5.44. The predicted octanol–water partition coefficient (Wildman–Crippen LogP) is 2.19. The molecule has 0 spiro atoms. The molecule has 1 atom stereocenters. The van der Waals surface area contributed by atoms with Crippen LogP contribution in [0.2, 0.25) is 0 Å². The maximum atomic E-state index is 11.3. The number of ether oxygens (including phenoxy) is 1. The number of rotatable bonds is 6. The molecule has 0 aromatic carbocycles. The smallest absolute Gasteiger partial charge is 0.316 e. The zero-order chi connectivity index (χ0) is 11.9. The zero-order valence-electron chi connectivity index (χ0n) is 10.2. The van der Waals surface area contributed by atoms with Crippen LogP contribution in [0.25, 0.3) is 0 Å². The summed E-state index contributed by atoms with van der Waals surface area (Å²) < 4.78 is 5.18. The molecule has 0 rings (SSSR count). The molecule has 0 fully saturated rings. The highest BCUT2D eigenvalue weighted by Gasteiger charge is 2.16. The Labute approximate surface area is 97.1 Å². The van der Waals surface area contributed by atoms with E-state index in [1.54, 1.807) is 11.8 Å². The maximum Gasteiger partial charge on any atom is 0.316 e. The van der Waals surface area contributed by atoms with Crippen LogP contribution in [-0.2, 0) is 9.53 Å². The Morgan fingerprint density at radius 3 is 2.53 bits per heavy atom. The fourth-order valence-corrected chi connectivity index (χ4v) is 1.93. The van der Waals surface area contributed by atoms with Crippen LogP contribution in [0.5, 0.6) is 0 Å². The molecule has 0 aromatic heterocycles. The van der Waals surface area contributed by atoms with Crippen LogP contribution in [0.4, 0.5) is 0 Å². The molecule has 15 heavy (non-hydrogen) atoms. The van der Waals surface area contributed by atoms with Crippen molar-refractivity contribution in [3.63, 3.8) is 0 Å². The molecular formula is C11H23NO2S. The maximum absolute atomic E-state index is 11.3. The van der Waals surface area contributed by atoms with Crippen molar-refractivity contribution in [3.8, 4) is 0 Å². The highest BCUT2D eigenvalue weighted by atomic mass is 32.2. The van der Waals surface area contributed by atoms with Crippen molar-refractivity contribution >= 4 is 17.7 Å². The van der Waals surface area contributed by atoms with Crippen molar-refractivity contribution in [2.24, 2.45) is 5.73 Å². The first kappa shape index (κ1) is 14.8. The average Bonchev–Trinajstić information content (AvgIpc) is 2.00. The first-order chi connectivity index (χ1) is 6.85. The molecule has 0 bridgehead atoms. The summed E-state index contributed by atoms with van der Waals surface area (Å²) in [6.07, 6.45) is 2.11. The normalized spacial score (nSPS) is 13.7. The molecule has 0 aliphatic rings. The van der Waals surface area contributed by atoms with Crippen molar-refractivity contribution in [2.75, 3.05) is 11.5 Å². The van der Waals surface area contributed by atoms with Crippen LogP contribution in [-0.4, -0.2) is 29.1 Å². The second kappa shape index (κ2) is 7.12. The Morgan fingerprint density at radius 2 is 2.07 bits per heavy atom. The van der Waals surface area contributed by atoms with Crippen molar-refractivity contribution in [2.45, 2.75) is 52.2 Å². The van der Waals surface area contributed by atoms with Crippen LogP contribution >= 0.6 is 11.8 Å². The van der Waals surface area contributed by atoms with Gasteiger partial charge in [-0.2, -0.15) is 0 Å². The van der Waals surface area contributed by atoms with E-state index in [-0.39, 0.29) is 17.6 Å². The summed E-state index contributed by atoms with van der Waals surface area (Å²) in [5, 5.41) is 0. The Morgan fingerprint density at radius 1 is 1.47 bits per heavy atom. The van der Waals surface area contributed by atoms with Gasteiger partial charge in [-0.25, -0.2) is 0 Å². The second-order valence-corrected chi connectivity index (χ2v) is 5.68. The summed E-state index contributed by atoms with van der Waals surface area (Å²) in [6.45, 7) is 7.73. The van der Waals surface area contributed by atoms with Gasteiger partial charge in [0.1, 0.15) is 5.60 Å². The number of carbonyl (C=O) groups is 1. The second-order valence-electron chi connectivity index (χ2n) is 4.65. The van der Waals surface area contributed by atoms with Gasteiger partial charge in [-0.1, -0.05) is 13.3 Å². The van der Waals surface area contributed by atoms with Crippen molar-refractivity contribution in [3.05, 3.63) is 0 Å². The van der Waals surface area contributed by atoms with E-state index in [4.69, 9.17) is 10.5 Å². The van der Waals surface area contributed by atoms with Gasteiger partial charge in [-0.3, -0.25) is 4.79 Å². The molecule has 0 aliphatic carbocycles. The molecule has 0 aliphatic heterocycles. The lowest BCUT2D eigenvalue weighted by Crippen LogP contribution is -2.26. The molecule has 0 saturated heterocycles. The minimum absolute atomic E-state index is 0.156. The Bertz CT molecular complexity index is 190. The van der Waals surface area contributed by atoms with Crippen LogP contribution in [0.15, 0.2) is 0 Å². The lowest BCUT2D eigenvalue weighted by Gasteiger charge is -2.19. The van der Waals surface area contributed by atoms with Crippen LogP contribution in [0, 0.1) is 0 Å². The van der Waals surface area contributed by atoms with Crippen LogP contribution in [0.3, 0.4) is 0 Å². The molecule has 4 heteroatoms. The van der Waals surface area contributed by atoms with Crippen LogP contribution in [0.1, 0.15) is 40.5 Å². The Balaban J connectivity index is 3.55. The number of nitrogens with two attached hydrogens (primary N) is 1. The molecule has 0 amide bonds. The van der Waals surface area contributed by atoms with Gasteiger partial charge in [0.2, 0.25) is 0 Å². The van der Waals surface area contributed by atoms with Crippen molar-refractivity contribution < 1.29 is 9.53 Å². The molecule has 0 heterocycles. The van der Waals surface area contributed by atoms with E-state index >= 15 is 0 Å². The lowest BCUT2D eigenvalue weighted by molar-refractivity contribution is -0.151. The third kappa shape index (κ3) is 10.1. The van der Waals surface area contributed by atoms with Gasteiger partial charge in [0, 0.05) is 11.8 Å². The summed E-state index contributed by atoms with van der Waals surface area (Å²) in [6, 6.07) is 0.197. The molecule has 0 aromatic rings. The third-order valence-electron chi connectivity index (χ3n) is 1.63. The van der Waals surface area contributed by atoms with Crippen LogP contribution < -0.4 is 5.73 Å². The summed E-state index contributed by atoms with van der Waals surface area (Å²) in [5.74, 6) is 1.07. The molecule has 2 N–H and O–H groups in total. The first-order valence-electron chi connectivity index (χ1n) is 5.40. The molecular weight excluding hydrogens is 210 g/mol. The molecule has 3 nitrogen and oxygen atoms in total. The van der Waals surface area contributed by atoms with E-state index in [9.17, 15) is 4.79 Å². The minimum atomic E-state index is -0.386. The van der Waals surface area contributed by atoms with E-state index < -0.39 is 0 Å². The monoisotopic (exact) mass is 233 g/mol. The quantitative estimate of drug-likeness (QED) is 0.715. The summed E-state index contributed by atoms with van der Waals surface area (Å²) in [7, 11) is 0. The SMILES string of the molecule is CCCC(N)CSCC(=O)OC(C)(C)C. The van der Waals surface area contributed by atoms with Gasteiger partial charge in [-0.15, -0.1) is 11.8 Å². The van der Waals surface area contributed by atoms with Gasteiger partial charge >= 0.3 is 5.97 Å². The van der Waals surface area contributed by atoms with Gasteiger partial charge < -0.3 is 10.5 Å². The standard InChI is InChI=1S/C11H23NO2S/c1-5-6-9(12)7-15-8-10(13)14-11(2,3)4/h9H,5-8,12H2,1-4H3. The highest BCUT2D eigenvalue weighted by Crippen LogP contribution is 2.11. The fraction of sp³-hybridized carbons (Fsp3) is 0.909. The fourth-order valence-electron chi connectivity index (χ4n) is 1.12.